The Balaban J connectivity index is 2.62. The average molecular weight is 126 g/mol. The van der Waals surface area contributed by atoms with Crippen LogP contribution in [0.3, 0.4) is 0 Å². The minimum atomic E-state index is 0.830. The van der Waals surface area contributed by atoms with Gasteiger partial charge in [0.25, 0.3) is 0 Å². The van der Waals surface area contributed by atoms with Crippen molar-refractivity contribution in [2.45, 2.75) is 6.42 Å². The molecule has 0 N–H and O–H groups in total. The number of hydrogen-bond donors (Lipinski definition) is 0. The standard InChI is InChI=1S/C5H6N2S/c1-2-3-5-4-8-7-6-5/h2,4H,1,3H2. The largest absolute Gasteiger partial charge is 0.143 e. The molecule has 0 atom stereocenters. The second kappa shape index (κ2) is 2.57. The summed E-state index contributed by atoms with van der Waals surface area (Å²) in [4.78, 5) is 0. The van der Waals surface area contributed by atoms with Gasteiger partial charge in [0.1, 0.15) is 0 Å². The van der Waals surface area contributed by atoms with E-state index in [-0.39, 0.29) is 0 Å². The van der Waals surface area contributed by atoms with Gasteiger partial charge in [-0.3, -0.25) is 0 Å². The molecule has 0 amide bonds. The van der Waals surface area contributed by atoms with E-state index in [1.165, 1.54) is 11.5 Å². The molecule has 1 rings (SSSR count). The lowest BCUT2D eigenvalue weighted by Crippen LogP contribution is -1.77. The first-order valence-corrected chi connectivity index (χ1v) is 3.14. The van der Waals surface area contributed by atoms with E-state index in [4.69, 9.17) is 0 Å². The van der Waals surface area contributed by atoms with Gasteiger partial charge in [-0.2, -0.15) is 0 Å². The fourth-order valence-electron chi connectivity index (χ4n) is 0.421. The lowest BCUT2D eigenvalue weighted by molar-refractivity contribution is 1.04. The Kier molecular flexibility index (Phi) is 1.75. The molecular weight excluding hydrogens is 120 g/mol. The van der Waals surface area contributed by atoms with Crippen molar-refractivity contribution in [3.8, 4) is 0 Å². The Hall–Kier alpha value is -0.700. The number of rotatable bonds is 2. The van der Waals surface area contributed by atoms with Crippen LogP contribution >= 0.6 is 11.5 Å². The summed E-state index contributed by atoms with van der Waals surface area (Å²) in [5, 5.41) is 5.72. The van der Waals surface area contributed by atoms with Crippen LogP contribution in [0.15, 0.2) is 18.0 Å². The number of aromatic nitrogens is 2. The van der Waals surface area contributed by atoms with Crippen LogP contribution in [0.2, 0.25) is 0 Å². The third-order valence-electron chi connectivity index (χ3n) is 0.759. The van der Waals surface area contributed by atoms with Crippen molar-refractivity contribution < 1.29 is 0 Å². The molecule has 0 spiro atoms. The van der Waals surface area contributed by atoms with Crippen molar-refractivity contribution in [2.75, 3.05) is 0 Å². The van der Waals surface area contributed by atoms with Gasteiger partial charge in [0, 0.05) is 11.8 Å². The van der Waals surface area contributed by atoms with Crippen LogP contribution in [0.1, 0.15) is 5.69 Å². The average Bonchev–Trinajstić information content (AvgIpc) is 2.19. The highest BCUT2D eigenvalue weighted by Crippen LogP contribution is 1.96. The Morgan fingerprint density at radius 2 is 2.75 bits per heavy atom. The Morgan fingerprint density at radius 3 is 3.25 bits per heavy atom. The molecule has 0 bridgehead atoms. The van der Waals surface area contributed by atoms with Crippen LogP contribution in [0.5, 0.6) is 0 Å². The van der Waals surface area contributed by atoms with E-state index in [9.17, 15) is 0 Å². The van der Waals surface area contributed by atoms with Gasteiger partial charge in [-0.15, -0.1) is 11.7 Å². The third kappa shape index (κ3) is 1.13. The van der Waals surface area contributed by atoms with E-state index in [2.05, 4.69) is 16.2 Å². The van der Waals surface area contributed by atoms with Crippen LogP contribution in [0.4, 0.5) is 0 Å². The highest BCUT2D eigenvalue weighted by atomic mass is 32.1. The summed E-state index contributed by atoms with van der Waals surface area (Å²) < 4.78 is 3.68. The molecule has 1 heterocycles. The zero-order chi connectivity index (χ0) is 5.82. The quantitative estimate of drug-likeness (QED) is 0.557. The maximum atomic E-state index is 3.80. The minimum absolute atomic E-state index is 0.830. The predicted octanol–water partition coefficient (Wildman–Crippen LogP) is 1.27. The van der Waals surface area contributed by atoms with E-state index in [0.29, 0.717) is 0 Å². The molecule has 0 aliphatic heterocycles. The van der Waals surface area contributed by atoms with E-state index in [1.54, 1.807) is 0 Å². The molecule has 42 valence electrons. The summed E-state index contributed by atoms with van der Waals surface area (Å²) >= 11 is 1.37. The van der Waals surface area contributed by atoms with Crippen LogP contribution in [-0.4, -0.2) is 9.59 Å². The maximum absolute atomic E-state index is 3.80. The summed E-state index contributed by atoms with van der Waals surface area (Å²) in [7, 11) is 0. The van der Waals surface area contributed by atoms with Crippen molar-refractivity contribution in [1.29, 1.82) is 0 Å². The smallest absolute Gasteiger partial charge is 0.0792 e. The molecule has 0 aromatic carbocycles. The third-order valence-corrected chi connectivity index (χ3v) is 1.31. The zero-order valence-corrected chi connectivity index (χ0v) is 5.19. The molecule has 0 aliphatic carbocycles. The Labute approximate surface area is 52.0 Å². The van der Waals surface area contributed by atoms with Gasteiger partial charge < -0.3 is 0 Å². The number of allylic oxidation sites excluding steroid dienone is 1. The van der Waals surface area contributed by atoms with E-state index in [1.807, 2.05) is 11.5 Å². The fraction of sp³-hybridized carbons (Fsp3) is 0.200. The normalized spacial score (nSPS) is 9.00. The predicted molar refractivity (Wildman–Crippen MR) is 33.8 cm³/mol. The topological polar surface area (TPSA) is 25.8 Å². The Morgan fingerprint density at radius 1 is 1.88 bits per heavy atom. The van der Waals surface area contributed by atoms with Gasteiger partial charge >= 0.3 is 0 Å². The second-order valence-electron chi connectivity index (χ2n) is 1.39. The molecule has 0 saturated carbocycles. The maximum Gasteiger partial charge on any atom is 0.0792 e. The van der Waals surface area contributed by atoms with Crippen molar-refractivity contribution in [2.24, 2.45) is 0 Å². The lowest BCUT2D eigenvalue weighted by atomic mass is 10.3. The zero-order valence-electron chi connectivity index (χ0n) is 4.37. The van der Waals surface area contributed by atoms with Crippen molar-refractivity contribution in [3.05, 3.63) is 23.7 Å². The molecule has 0 saturated heterocycles. The molecule has 0 fully saturated rings. The van der Waals surface area contributed by atoms with Gasteiger partial charge in [0.2, 0.25) is 0 Å². The molecule has 3 heteroatoms. The van der Waals surface area contributed by atoms with Crippen molar-refractivity contribution in [3.63, 3.8) is 0 Å². The monoisotopic (exact) mass is 126 g/mol. The van der Waals surface area contributed by atoms with Gasteiger partial charge in [0.15, 0.2) is 0 Å². The summed E-state index contributed by atoms with van der Waals surface area (Å²) in [5.74, 6) is 0. The van der Waals surface area contributed by atoms with Crippen LogP contribution in [-0.2, 0) is 6.42 Å². The van der Waals surface area contributed by atoms with Gasteiger partial charge in [-0.1, -0.05) is 10.6 Å². The van der Waals surface area contributed by atoms with Crippen LogP contribution in [0.25, 0.3) is 0 Å². The first-order chi connectivity index (χ1) is 3.93. The highest BCUT2D eigenvalue weighted by Gasteiger charge is 1.88. The van der Waals surface area contributed by atoms with E-state index in [0.717, 1.165) is 12.1 Å². The second-order valence-corrected chi connectivity index (χ2v) is 2.00. The summed E-state index contributed by atoms with van der Waals surface area (Å²) in [6.45, 7) is 3.57. The molecule has 1 aromatic heterocycles. The van der Waals surface area contributed by atoms with Gasteiger partial charge in [-0.05, 0) is 11.5 Å². The molecule has 2 nitrogen and oxygen atoms in total. The molecular formula is C5H6N2S. The highest BCUT2D eigenvalue weighted by molar-refractivity contribution is 7.03. The molecule has 8 heavy (non-hydrogen) atoms. The van der Waals surface area contributed by atoms with E-state index < -0.39 is 0 Å². The first-order valence-electron chi connectivity index (χ1n) is 2.30. The van der Waals surface area contributed by atoms with Crippen molar-refractivity contribution >= 4 is 11.5 Å². The molecule has 1 aromatic rings. The van der Waals surface area contributed by atoms with Crippen LogP contribution in [0, 0.1) is 0 Å². The number of hydrogen-bond acceptors (Lipinski definition) is 3. The summed E-state index contributed by atoms with van der Waals surface area (Å²) in [6.07, 6.45) is 2.65. The lowest BCUT2D eigenvalue weighted by Gasteiger charge is -1.78. The fourth-order valence-corrected chi connectivity index (χ4v) is 0.885. The minimum Gasteiger partial charge on any atom is -0.143 e. The molecule has 0 aliphatic rings. The molecule has 0 radical (unpaired) electrons. The van der Waals surface area contributed by atoms with Gasteiger partial charge in [-0.25, -0.2) is 0 Å². The van der Waals surface area contributed by atoms with Crippen molar-refractivity contribution in [1.82, 2.24) is 9.59 Å². The molecule has 0 unspecified atom stereocenters. The van der Waals surface area contributed by atoms with E-state index >= 15 is 0 Å². The summed E-state index contributed by atoms with van der Waals surface area (Å²) in [5.41, 5.74) is 1.00. The SMILES string of the molecule is C=CCc1csnn1. The first kappa shape index (κ1) is 5.44. The number of nitrogens with zero attached hydrogens (tertiary/aromatic N) is 2. The van der Waals surface area contributed by atoms with Gasteiger partial charge in [0.05, 0.1) is 5.69 Å². The Bertz CT molecular complexity index is 157. The van der Waals surface area contributed by atoms with Crippen LogP contribution < -0.4 is 0 Å². The summed E-state index contributed by atoms with van der Waals surface area (Å²) in [6, 6.07) is 0.